The molecule has 0 atom stereocenters. The Morgan fingerprint density at radius 1 is 0.672 bits per heavy atom. The third-order valence-electron chi connectivity index (χ3n) is 11.6. The van der Waals surface area contributed by atoms with Crippen LogP contribution in [0.5, 0.6) is 0 Å². The number of rotatable bonds is 17. The minimum Gasteiger partial charge on any atom is -0.344 e. The molecule has 3 N–H and O–H groups in total. The average Bonchev–Trinajstić information content (AvgIpc) is 3.52. The first-order chi connectivity index (χ1) is 28.5. The molecule has 4 aromatic carbocycles. The van der Waals surface area contributed by atoms with E-state index in [9.17, 15) is 43.7 Å². The van der Waals surface area contributed by atoms with Crippen molar-refractivity contribution in [2.24, 2.45) is 0 Å². The molecule has 0 saturated heterocycles. The maximum Gasteiger partial charge on any atom is 0.294 e. The number of unbranched alkanes of at least 4 members (excludes halogenated alkanes) is 3. The van der Waals surface area contributed by atoms with Gasteiger partial charge in [0, 0.05) is 53.9 Å². The molecule has 0 radical (unpaired) electrons. The molecule has 0 fully saturated rings. The van der Waals surface area contributed by atoms with Gasteiger partial charge in [0.1, 0.15) is 12.3 Å². The van der Waals surface area contributed by atoms with Gasteiger partial charge in [0.25, 0.3) is 30.4 Å². The Morgan fingerprint density at radius 3 is 1.85 bits per heavy atom. The highest BCUT2D eigenvalue weighted by Gasteiger charge is 2.45. The third kappa shape index (κ3) is 9.98. The number of fused-ring (bicyclic) bond motifs is 6. The second-order valence-corrected chi connectivity index (χ2v) is 21.2. The first-order valence-corrected chi connectivity index (χ1v) is 24.7. The summed E-state index contributed by atoms with van der Waals surface area (Å²) >= 11 is 0. The lowest BCUT2D eigenvalue weighted by Crippen LogP contribution is -2.28. The number of benzene rings is 4. The van der Waals surface area contributed by atoms with Gasteiger partial charge in [0.15, 0.2) is 5.71 Å². The number of Topliss-reactive ketones (excluding diaryl/α,β-unsaturated/α-hetero) is 1. The number of allylic oxidation sites excluding steroid dienone is 8. The number of anilines is 1. The Hall–Kier alpha value is -4.77. The van der Waals surface area contributed by atoms with E-state index in [0.29, 0.717) is 31.3 Å². The van der Waals surface area contributed by atoms with Crippen molar-refractivity contribution in [1.82, 2.24) is 0 Å². The van der Waals surface area contributed by atoms with Crippen LogP contribution in [0.2, 0.25) is 0 Å². The minimum absolute atomic E-state index is 0.162. The number of ketones is 1. The zero-order chi connectivity index (χ0) is 44.5. The van der Waals surface area contributed by atoms with Gasteiger partial charge in [-0.3, -0.25) is 13.7 Å². The molecule has 15 heteroatoms. The van der Waals surface area contributed by atoms with Gasteiger partial charge in [-0.25, -0.2) is 0 Å². The van der Waals surface area contributed by atoms with E-state index in [1.54, 1.807) is 19.1 Å². The molecule has 2 aliphatic heterocycles. The van der Waals surface area contributed by atoms with Crippen molar-refractivity contribution < 1.29 is 48.3 Å². The van der Waals surface area contributed by atoms with Gasteiger partial charge in [-0.05, 0) is 116 Å². The molecule has 0 aliphatic carbocycles. The highest BCUT2D eigenvalue weighted by molar-refractivity contribution is 7.86. The number of carbonyl (C=O) groups excluding carboxylic acids is 1. The summed E-state index contributed by atoms with van der Waals surface area (Å²) < 4.78 is 103. The molecular weight excluding hydrogens is 837 g/mol. The van der Waals surface area contributed by atoms with Gasteiger partial charge in [0.05, 0.1) is 21.0 Å². The first kappa shape index (κ1) is 45.7. The lowest BCUT2D eigenvalue weighted by atomic mass is 9.79. The second kappa shape index (κ2) is 17.5. The predicted octanol–water partition coefficient (Wildman–Crippen LogP) is 9.03. The zero-order valence-electron chi connectivity index (χ0n) is 35.0. The molecule has 4 aromatic rings. The van der Waals surface area contributed by atoms with E-state index in [1.807, 2.05) is 80.6 Å². The van der Waals surface area contributed by atoms with E-state index in [-0.39, 0.29) is 27.7 Å². The standard InChI is InChI=1S/C46H52N2O10S3/c1-32(49)16-10-9-13-27-47-39-25-21-33-19-23-35(60(53,54)55)30-37(33)43(39)45(2,3)41(47)17-11-7-6-8-12-18-42-46(4,5)44-38-31-36(61(56,57)58)24-20-34(38)22-26-40(44)48(42)28-14-15-29-59(50,51)52/h6-8,11-12,17-26,30-31H,9-10,13-16,27-29H2,1-5H3,(H2-,50,51,52,53,54,55,56,57,58)/p+1. The Morgan fingerprint density at radius 2 is 1.25 bits per heavy atom. The molecule has 0 bridgehead atoms. The highest BCUT2D eigenvalue weighted by atomic mass is 32.2. The van der Waals surface area contributed by atoms with E-state index < -0.39 is 41.2 Å². The maximum absolute atomic E-state index is 12.1. The quantitative estimate of drug-likeness (QED) is 0.0398. The van der Waals surface area contributed by atoms with E-state index in [1.165, 1.54) is 24.3 Å². The average molecular weight is 890 g/mol. The summed E-state index contributed by atoms with van der Waals surface area (Å²) in [5, 5.41) is 3.06. The summed E-state index contributed by atoms with van der Waals surface area (Å²) in [6, 6.07) is 17.0. The molecule has 12 nitrogen and oxygen atoms in total. The van der Waals surface area contributed by atoms with Crippen molar-refractivity contribution >= 4 is 74.8 Å². The van der Waals surface area contributed by atoms with Crippen LogP contribution in [-0.2, 0) is 46.0 Å². The van der Waals surface area contributed by atoms with Crippen LogP contribution in [0.4, 0.5) is 11.4 Å². The largest absolute Gasteiger partial charge is 0.344 e. The van der Waals surface area contributed by atoms with Crippen molar-refractivity contribution in [3.05, 3.63) is 120 Å². The fourth-order valence-electron chi connectivity index (χ4n) is 8.79. The SMILES string of the molecule is CC(=O)CCCCC[N+]1=C(C=CC=CC=CC=C2N(CCCCS(=O)(=O)O)c3ccc4ccc(S(=O)(=O)O)cc4c3C2(C)C)C(C)(C)c2c1ccc1ccc(S(=O)(=O)O)cc21. The summed E-state index contributed by atoms with van der Waals surface area (Å²) in [5.74, 6) is -0.203. The molecule has 61 heavy (non-hydrogen) atoms. The third-order valence-corrected chi connectivity index (χ3v) is 14.1. The van der Waals surface area contributed by atoms with Gasteiger partial charge < -0.3 is 9.69 Å². The van der Waals surface area contributed by atoms with Crippen LogP contribution in [0.1, 0.15) is 84.3 Å². The van der Waals surface area contributed by atoms with Gasteiger partial charge in [0.2, 0.25) is 5.69 Å². The summed E-state index contributed by atoms with van der Waals surface area (Å²) in [5.41, 5.74) is 4.33. The van der Waals surface area contributed by atoms with Crippen molar-refractivity contribution in [3.63, 3.8) is 0 Å². The fraction of sp³-hybridized carbons (Fsp3) is 0.348. The van der Waals surface area contributed by atoms with Crippen LogP contribution in [0.15, 0.2) is 119 Å². The molecule has 6 rings (SSSR count). The Balaban J connectivity index is 1.31. The smallest absolute Gasteiger partial charge is 0.294 e. The van der Waals surface area contributed by atoms with E-state index >= 15 is 0 Å². The Labute approximate surface area is 358 Å². The van der Waals surface area contributed by atoms with Crippen LogP contribution >= 0.6 is 0 Å². The molecule has 2 aliphatic rings. The lowest BCUT2D eigenvalue weighted by Gasteiger charge is -2.27. The molecule has 0 amide bonds. The van der Waals surface area contributed by atoms with Crippen LogP contribution < -0.4 is 4.90 Å². The van der Waals surface area contributed by atoms with Crippen LogP contribution in [0, 0.1) is 0 Å². The number of nitrogens with zero attached hydrogens (tertiary/aromatic N) is 2. The molecule has 0 aromatic heterocycles. The van der Waals surface area contributed by atoms with Gasteiger partial charge in [-0.1, -0.05) is 62.4 Å². The summed E-state index contributed by atoms with van der Waals surface area (Å²) in [7, 11) is -13.0. The molecule has 0 unspecified atom stereocenters. The van der Waals surface area contributed by atoms with Crippen LogP contribution in [-0.4, -0.2) is 73.8 Å². The predicted molar refractivity (Wildman–Crippen MR) is 241 cm³/mol. The van der Waals surface area contributed by atoms with Crippen molar-refractivity contribution in [3.8, 4) is 0 Å². The van der Waals surface area contributed by atoms with Crippen LogP contribution in [0.25, 0.3) is 21.5 Å². The van der Waals surface area contributed by atoms with Gasteiger partial charge in [-0.2, -0.15) is 29.8 Å². The summed E-state index contributed by atoms with van der Waals surface area (Å²) in [6.45, 7) is 11.0. The molecule has 0 spiro atoms. The topological polar surface area (TPSA) is 186 Å². The van der Waals surface area contributed by atoms with Gasteiger partial charge in [-0.15, -0.1) is 0 Å². The maximum atomic E-state index is 12.1. The minimum atomic E-state index is -4.46. The lowest BCUT2D eigenvalue weighted by molar-refractivity contribution is -0.438. The summed E-state index contributed by atoms with van der Waals surface area (Å²) in [6.07, 6.45) is 17.3. The van der Waals surface area contributed by atoms with E-state index in [4.69, 9.17) is 0 Å². The van der Waals surface area contributed by atoms with Crippen molar-refractivity contribution in [1.29, 1.82) is 0 Å². The van der Waals surface area contributed by atoms with Crippen molar-refractivity contribution in [2.45, 2.75) is 93.8 Å². The highest BCUT2D eigenvalue weighted by Crippen LogP contribution is 2.51. The Bertz CT molecular complexity index is 2900. The first-order valence-electron chi connectivity index (χ1n) is 20.2. The summed E-state index contributed by atoms with van der Waals surface area (Å²) in [4.78, 5) is 13.3. The van der Waals surface area contributed by atoms with Crippen LogP contribution in [0.3, 0.4) is 0 Å². The molecule has 2 heterocycles. The fourth-order valence-corrected chi connectivity index (χ4v) is 10.4. The number of carbonyl (C=O) groups is 1. The van der Waals surface area contributed by atoms with E-state index in [2.05, 4.69) is 23.3 Å². The number of hydrogen-bond acceptors (Lipinski definition) is 8. The molecular formula is C46H53N2O10S3+. The molecule has 0 saturated carbocycles. The second-order valence-electron chi connectivity index (χ2n) is 16.8. The van der Waals surface area contributed by atoms with E-state index in [0.717, 1.165) is 69.3 Å². The Kier molecular flexibility index (Phi) is 13.2. The monoisotopic (exact) mass is 889 g/mol. The zero-order valence-corrected chi connectivity index (χ0v) is 37.4. The normalized spacial score (nSPS) is 17.2. The molecule has 324 valence electrons. The van der Waals surface area contributed by atoms with Gasteiger partial charge >= 0.3 is 0 Å². The van der Waals surface area contributed by atoms with Crippen molar-refractivity contribution in [2.75, 3.05) is 23.7 Å². The number of hydrogen-bond donors (Lipinski definition) is 3.